The van der Waals surface area contributed by atoms with Crippen molar-refractivity contribution in [1.29, 1.82) is 0 Å². The van der Waals surface area contributed by atoms with Crippen molar-refractivity contribution in [3.05, 3.63) is 130 Å². The Bertz CT molecular complexity index is 1740. The normalized spacial score (nSPS) is 9.91. The van der Waals surface area contributed by atoms with Crippen LogP contribution in [0.4, 0.5) is 0 Å². The molecular weight excluding hydrogens is 588 g/mol. The average molecular weight is 621 g/mol. The number of H-pyrrole nitrogens is 2. The first-order valence-corrected chi connectivity index (χ1v) is 13.8. The number of hydrogen-bond acceptors (Lipinski definition) is 10. The number of rotatable bonds is 7. The first-order chi connectivity index (χ1) is 22.4. The lowest BCUT2D eigenvalue weighted by Gasteiger charge is -2.04. The SMILES string of the molecule is COc1ccnc(-c2cc(OC)ccn2)c1.COc1ccnc(-c2cc(OC)ccn2)c1.O=c1cc[nH]c(-c2cc(=O)cc[nH]2)c1. The van der Waals surface area contributed by atoms with Crippen molar-refractivity contribution in [3.8, 4) is 57.2 Å². The van der Waals surface area contributed by atoms with Crippen LogP contribution in [0.25, 0.3) is 34.2 Å². The van der Waals surface area contributed by atoms with Crippen LogP contribution in [-0.4, -0.2) is 58.3 Å². The van der Waals surface area contributed by atoms with Gasteiger partial charge in [-0.3, -0.25) is 29.5 Å². The summed E-state index contributed by atoms with van der Waals surface area (Å²) < 4.78 is 20.5. The Balaban J connectivity index is 0.000000157. The van der Waals surface area contributed by atoms with Crippen LogP contribution in [0.5, 0.6) is 23.0 Å². The van der Waals surface area contributed by atoms with Gasteiger partial charge >= 0.3 is 0 Å². The number of nitrogens with one attached hydrogen (secondary N) is 2. The van der Waals surface area contributed by atoms with E-state index in [0.29, 0.717) is 11.4 Å². The number of pyridine rings is 6. The second kappa shape index (κ2) is 16.5. The van der Waals surface area contributed by atoms with Crippen molar-refractivity contribution in [1.82, 2.24) is 29.9 Å². The summed E-state index contributed by atoms with van der Waals surface area (Å²) in [6, 6.07) is 20.2. The molecular formula is C34H32N6O6. The van der Waals surface area contributed by atoms with Crippen LogP contribution in [0.3, 0.4) is 0 Å². The average Bonchev–Trinajstić information content (AvgIpc) is 3.12. The van der Waals surface area contributed by atoms with E-state index in [-0.39, 0.29) is 10.9 Å². The topological polar surface area (TPSA) is 154 Å². The van der Waals surface area contributed by atoms with Crippen LogP contribution >= 0.6 is 0 Å². The van der Waals surface area contributed by atoms with Crippen LogP contribution < -0.4 is 29.8 Å². The molecule has 0 bridgehead atoms. The van der Waals surface area contributed by atoms with Gasteiger partial charge in [-0.2, -0.15) is 0 Å². The molecule has 0 amide bonds. The van der Waals surface area contributed by atoms with E-state index in [0.717, 1.165) is 45.8 Å². The Labute approximate surface area is 264 Å². The minimum atomic E-state index is -0.0940. The van der Waals surface area contributed by atoms with Gasteiger partial charge in [-0.05, 0) is 24.3 Å². The fourth-order valence-corrected chi connectivity index (χ4v) is 3.92. The van der Waals surface area contributed by atoms with Gasteiger partial charge in [0.15, 0.2) is 10.9 Å². The zero-order valence-electron chi connectivity index (χ0n) is 25.6. The molecule has 0 aliphatic rings. The third-order valence-corrected chi connectivity index (χ3v) is 6.23. The molecule has 6 rings (SSSR count). The second-order valence-electron chi connectivity index (χ2n) is 9.20. The lowest BCUT2D eigenvalue weighted by Crippen LogP contribution is -2.02. The highest BCUT2D eigenvalue weighted by Gasteiger charge is 2.05. The molecule has 234 valence electrons. The van der Waals surface area contributed by atoms with E-state index in [9.17, 15) is 9.59 Å². The van der Waals surface area contributed by atoms with Crippen molar-refractivity contribution < 1.29 is 18.9 Å². The first-order valence-electron chi connectivity index (χ1n) is 13.8. The molecule has 12 heteroatoms. The van der Waals surface area contributed by atoms with Crippen LogP contribution in [-0.2, 0) is 0 Å². The van der Waals surface area contributed by atoms with Crippen molar-refractivity contribution in [2.45, 2.75) is 0 Å². The summed E-state index contributed by atoms with van der Waals surface area (Å²) in [6.45, 7) is 0. The molecule has 0 atom stereocenters. The highest BCUT2D eigenvalue weighted by molar-refractivity contribution is 5.58. The largest absolute Gasteiger partial charge is 0.497 e. The third-order valence-electron chi connectivity index (χ3n) is 6.23. The highest BCUT2D eigenvalue weighted by Crippen LogP contribution is 2.23. The summed E-state index contributed by atoms with van der Waals surface area (Å²) >= 11 is 0. The molecule has 6 heterocycles. The second-order valence-corrected chi connectivity index (χ2v) is 9.20. The van der Waals surface area contributed by atoms with E-state index in [4.69, 9.17) is 18.9 Å². The van der Waals surface area contributed by atoms with Gasteiger partial charge in [0.05, 0.1) is 62.6 Å². The standard InChI is InChI=1S/2C12H12N2O2.C10H8N2O2/c2*1-15-9-3-5-13-11(7-9)12-8-10(16-2)4-6-14-12;13-7-1-3-11-9(5-7)10-6-8(14)2-4-12-10/h2*3-8H,1-2H3;1-6H,(H,11,13)(H,12,14). The van der Waals surface area contributed by atoms with E-state index in [2.05, 4.69) is 29.9 Å². The third kappa shape index (κ3) is 9.35. The Morgan fingerprint density at radius 3 is 0.957 bits per heavy atom. The first kappa shape index (κ1) is 32.6. The van der Waals surface area contributed by atoms with Gasteiger partial charge in [0.1, 0.15) is 23.0 Å². The quantitative estimate of drug-likeness (QED) is 0.248. The molecule has 0 fully saturated rings. The zero-order chi connectivity index (χ0) is 32.7. The molecule has 0 spiro atoms. The zero-order valence-corrected chi connectivity index (χ0v) is 25.6. The summed E-state index contributed by atoms with van der Waals surface area (Å²) in [5, 5.41) is 0. The summed E-state index contributed by atoms with van der Waals surface area (Å²) in [5.74, 6) is 3.04. The lowest BCUT2D eigenvalue weighted by atomic mass is 10.2. The van der Waals surface area contributed by atoms with E-state index < -0.39 is 0 Å². The summed E-state index contributed by atoms with van der Waals surface area (Å²) in [7, 11) is 6.49. The molecule has 6 aromatic heterocycles. The van der Waals surface area contributed by atoms with Crippen molar-refractivity contribution in [2.75, 3.05) is 28.4 Å². The molecule has 6 aromatic rings. The Kier molecular flexibility index (Phi) is 11.7. The number of ether oxygens (including phenoxy) is 4. The predicted octanol–water partition coefficient (Wildman–Crippen LogP) is 5.05. The molecule has 0 saturated carbocycles. The van der Waals surface area contributed by atoms with Crippen LogP contribution in [0.1, 0.15) is 0 Å². The van der Waals surface area contributed by atoms with Crippen LogP contribution in [0.2, 0.25) is 0 Å². The minimum Gasteiger partial charge on any atom is -0.497 e. The highest BCUT2D eigenvalue weighted by atomic mass is 16.5. The van der Waals surface area contributed by atoms with Gasteiger partial charge < -0.3 is 28.9 Å². The van der Waals surface area contributed by atoms with Crippen molar-refractivity contribution in [2.24, 2.45) is 0 Å². The van der Waals surface area contributed by atoms with Gasteiger partial charge in [0.2, 0.25) is 0 Å². The Morgan fingerprint density at radius 2 is 0.717 bits per heavy atom. The molecule has 12 nitrogen and oxygen atoms in total. The molecule has 0 aliphatic heterocycles. The molecule has 0 aliphatic carbocycles. The van der Waals surface area contributed by atoms with E-state index in [1.807, 2.05) is 24.3 Å². The van der Waals surface area contributed by atoms with Gasteiger partial charge in [-0.1, -0.05) is 0 Å². The molecule has 0 radical (unpaired) electrons. The molecule has 46 heavy (non-hydrogen) atoms. The van der Waals surface area contributed by atoms with E-state index in [1.165, 1.54) is 24.3 Å². The number of methoxy groups -OCH3 is 4. The van der Waals surface area contributed by atoms with Crippen LogP contribution in [0, 0.1) is 0 Å². The van der Waals surface area contributed by atoms with E-state index in [1.54, 1.807) is 89.9 Å². The monoisotopic (exact) mass is 620 g/mol. The summed E-state index contributed by atoms with van der Waals surface area (Å²) in [4.78, 5) is 44.8. The van der Waals surface area contributed by atoms with Gasteiger partial charge in [-0.25, -0.2) is 0 Å². The number of aromatic amines is 2. The molecule has 0 unspecified atom stereocenters. The minimum absolute atomic E-state index is 0.0940. The fourth-order valence-electron chi connectivity index (χ4n) is 3.92. The maximum atomic E-state index is 11.0. The van der Waals surface area contributed by atoms with Gasteiger partial charge in [-0.15, -0.1) is 0 Å². The summed E-state index contributed by atoms with van der Waals surface area (Å²) in [6.07, 6.45) is 9.85. The Morgan fingerprint density at radius 1 is 0.435 bits per heavy atom. The Hall–Kier alpha value is -6.30. The molecule has 2 N–H and O–H groups in total. The van der Waals surface area contributed by atoms with Gasteiger partial charge in [0, 0.05) is 85.7 Å². The number of nitrogens with zero attached hydrogens (tertiary/aromatic N) is 4. The maximum absolute atomic E-state index is 11.0. The lowest BCUT2D eigenvalue weighted by molar-refractivity contribution is 0.413. The van der Waals surface area contributed by atoms with Crippen molar-refractivity contribution >= 4 is 0 Å². The smallest absolute Gasteiger partial charge is 0.182 e. The number of hydrogen-bond donors (Lipinski definition) is 2. The maximum Gasteiger partial charge on any atom is 0.182 e. The van der Waals surface area contributed by atoms with Crippen molar-refractivity contribution in [3.63, 3.8) is 0 Å². The van der Waals surface area contributed by atoms with Crippen LogP contribution in [0.15, 0.2) is 120 Å². The molecule has 0 saturated heterocycles. The molecule has 0 aromatic carbocycles. The predicted molar refractivity (Wildman–Crippen MR) is 174 cm³/mol. The fraction of sp³-hybridized carbons (Fsp3) is 0.118. The summed E-state index contributed by atoms with van der Waals surface area (Å²) in [5.41, 5.74) is 4.07. The van der Waals surface area contributed by atoms with E-state index >= 15 is 0 Å². The number of aromatic nitrogens is 6. The van der Waals surface area contributed by atoms with Gasteiger partial charge in [0.25, 0.3) is 0 Å².